The van der Waals surface area contributed by atoms with Gasteiger partial charge in [0.15, 0.2) is 0 Å². The van der Waals surface area contributed by atoms with Crippen LogP contribution in [0.25, 0.3) is 22.4 Å². The number of hydrogen-bond acceptors (Lipinski definition) is 5. The molecular weight excluding hydrogens is 336 g/mol. The van der Waals surface area contributed by atoms with Crippen molar-refractivity contribution in [2.45, 2.75) is 39.2 Å². The van der Waals surface area contributed by atoms with Gasteiger partial charge in [-0.05, 0) is 30.4 Å². The fourth-order valence-corrected chi connectivity index (χ4v) is 3.79. The van der Waals surface area contributed by atoms with Crippen LogP contribution in [0.3, 0.4) is 0 Å². The lowest BCUT2D eigenvalue weighted by molar-refractivity contribution is 0.253. The minimum absolute atomic E-state index is 0.398. The molecular formula is C19H21ClN4O. The second-order valence-electron chi connectivity index (χ2n) is 6.96. The highest BCUT2D eigenvalue weighted by molar-refractivity contribution is 6.30. The molecule has 1 fully saturated rings. The Labute approximate surface area is 151 Å². The quantitative estimate of drug-likeness (QED) is 0.700. The molecule has 0 radical (unpaired) electrons. The van der Waals surface area contributed by atoms with E-state index in [0.717, 1.165) is 28.9 Å². The van der Waals surface area contributed by atoms with Gasteiger partial charge in [0.25, 0.3) is 5.71 Å². The average molecular weight is 357 g/mol. The Morgan fingerprint density at radius 1 is 1.12 bits per heavy atom. The number of benzene rings is 1. The number of anilines is 1. The van der Waals surface area contributed by atoms with Gasteiger partial charge in [-0.3, -0.25) is 0 Å². The smallest absolute Gasteiger partial charge is 0.263 e. The van der Waals surface area contributed by atoms with Crippen LogP contribution in [0.1, 0.15) is 33.1 Å². The molecule has 2 heterocycles. The highest BCUT2D eigenvalue weighted by Crippen LogP contribution is 2.35. The van der Waals surface area contributed by atoms with Crippen LogP contribution in [-0.4, -0.2) is 21.2 Å². The summed E-state index contributed by atoms with van der Waals surface area (Å²) in [6, 6.07) is 7.96. The molecule has 1 aromatic carbocycles. The lowest BCUT2D eigenvalue weighted by atomic mass is 9.78. The molecule has 1 aliphatic carbocycles. The zero-order chi connectivity index (χ0) is 17.4. The zero-order valence-corrected chi connectivity index (χ0v) is 15.1. The summed E-state index contributed by atoms with van der Waals surface area (Å²) < 4.78 is 5.44. The molecule has 0 spiro atoms. The van der Waals surface area contributed by atoms with Crippen LogP contribution in [0.5, 0.6) is 0 Å². The number of hydrogen-bond donors (Lipinski definition) is 1. The molecule has 130 valence electrons. The van der Waals surface area contributed by atoms with Gasteiger partial charge >= 0.3 is 0 Å². The Kier molecular flexibility index (Phi) is 4.34. The first-order chi connectivity index (χ1) is 12.1. The molecule has 1 aliphatic rings. The molecule has 3 atom stereocenters. The standard InChI is InChI=1S/C19H21ClN4O/c1-11-4-3-5-15(12(11)2)23-18-16-17(13-6-8-14(20)9-7-13)24-25-19(16)22-10-21-18/h6-12,15H,3-5H2,1-2H3,(H,21,22,23)/t11-,12+,15-/m1/s1. The van der Waals surface area contributed by atoms with Crippen molar-refractivity contribution in [3.05, 3.63) is 35.6 Å². The molecule has 1 N–H and O–H groups in total. The first-order valence-electron chi connectivity index (χ1n) is 8.76. The van der Waals surface area contributed by atoms with Crippen molar-refractivity contribution in [3.8, 4) is 11.3 Å². The maximum Gasteiger partial charge on any atom is 0.263 e. The van der Waals surface area contributed by atoms with Gasteiger partial charge in [0.05, 0.1) is 0 Å². The Hall–Kier alpha value is -2.14. The van der Waals surface area contributed by atoms with E-state index in [-0.39, 0.29) is 0 Å². The third-order valence-electron chi connectivity index (χ3n) is 5.42. The predicted octanol–water partition coefficient (Wildman–Crippen LogP) is 5.17. The van der Waals surface area contributed by atoms with E-state index < -0.39 is 0 Å². The molecule has 0 unspecified atom stereocenters. The topological polar surface area (TPSA) is 63.8 Å². The van der Waals surface area contributed by atoms with Crippen molar-refractivity contribution < 1.29 is 4.52 Å². The SMILES string of the molecule is C[C@H]1[C@H](C)CCC[C@H]1Nc1ncnc2onc(-c3ccc(Cl)cc3)c12. The van der Waals surface area contributed by atoms with Gasteiger partial charge in [-0.25, -0.2) is 4.98 Å². The van der Waals surface area contributed by atoms with Crippen LogP contribution >= 0.6 is 11.6 Å². The predicted molar refractivity (Wildman–Crippen MR) is 99.6 cm³/mol. The Morgan fingerprint density at radius 3 is 2.72 bits per heavy atom. The summed E-state index contributed by atoms with van der Waals surface area (Å²) >= 11 is 6.00. The number of nitrogens with zero attached hydrogens (tertiary/aromatic N) is 3. The van der Waals surface area contributed by atoms with Crippen LogP contribution in [0, 0.1) is 11.8 Å². The lowest BCUT2D eigenvalue weighted by Gasteiger charge is -2.35. The van der Waals surface area contributed by atoms with Crippen LogP contribution < -0.4 is 5.32 Å². The molecule has 0 saturated heterocycles. The van der Waals surface area contributed by atoms with E-state index >= 15 is 0 Å². The van der Waals surface area contributed by atoms with Gasteiger partial charge in [0, 0.05) is 16.6 Å². The second kappa shape index (κ2) is 6.64. The van der Waals surface area contributed by atoms with E-state index in [1.807, 2.05) is 24.3 Å². The van der Waals surface area contributed by atoms with Crippen molar-refractivity contribution in [1.82, 2.24) is 15.1 Å². The first-order valence-corrected chi connectivity index (χ1v) is 9.14. The van der Waals surface area contributed by atoms with Crippen LogP contribution in [0.4, 0.5) is 5.82 Å². The molecule has 0 amide bonds. The molecule has 3 aromatic rings. The van der Waals surface area contributed by atoms with E-state index in [9.17, 15) is 0 Å². The maximum absolute atomic E-state index is 6.00. The first kappa shape index (κ1) is 16.3. The Morgan fingerprint density at radius 2 is 1.92 bits per heavy atom. The zero-order valence-electron chi connectivity index (χ0n) is 14.4. The summed E-state index contributed by atoms with van der Waals surface area (Å²) in [5, 5.41) is 9.38. The molecule has 4 rings (SSSR count). The Bertz CT molecular complexity index is 877. The largest absolute Gasteiger partial charge is 0.366 e. The number of aromatic nitrogens is 3. The van der Waals surface area contributed by atoms with Crippen molar-refractivity contribution in [3.63, 3.8) is 0 Å². The van der Waals surface area contributed by atoms with Crippen molar-refractivity contribution in [2.75, 3.05) is 5.32 Å². The minimum Gasteiger partial charge on any atom is -0.366 e. The highest BCUT2D eigenvalue weighted by atomic mass is 35.5. The number of halogens is 1. The van der Waals surface area contributed by atoms with Gasteiger partial charge in [0.1, 0.15) is 23.2 Å². The van der Waals surface area contributed by atoms with E-state index in [1.54, 1.807) is 0 Å². The molecule has 1 saturated carbocycles. The van der Waals surface area contributed by atoms with E-state index in [0.29, 0.717) is 28.6 Å². The molecule has 5 nitrogen and oxygen atoms in total. The number of fused-ring (bicyclic) bond motifs is 1. The number of nitrogens with one attached hydrogen (secondary N) is 1. The van der Waals surface area contributed by atoms with Crippen molar-refractivity contribution >= 4 is 28.5 Å². The van der Waals surface area contributed by atoms with Crippen LogP contribution in [0.2, 0.25) is 5.02 Å². The maximum atomic E-state index is 6.00. The summed E-state index contributed by atoms with van der Waals surface area (Å²) in [6.45, 7) is 4.64. The van der Waals surface area contributed by atoms with Gasteiger partial charge in [0.2, 0.25) is 0 Å². The summed E-state index contributed by atoms with van der Waals surface area (Å²) in [5.41, 5.74) is 2.18. The molecule has 0 aliphatic heterocycles. The van der Waals surface area contributed by atoms with E-state index in [4.69, 9.17) is 16.1 Å². The third kappa shape index (κ3) is 3.09. The molecule has 6 heteroatoms. The highest BCUT2D eigenvalue weighted by Gasteiger charge is 2.28. The third-order valence-corrected chi connectivity index (χ3v) is 5.67. The fraction of sp³-hybridized carbons (Fsp3) is 0.421. The van der Waals surface area contributed by atoms with Crippen molar-refractivity contribution in [1.29, 1.82) is 0 Å². The lowest BCUT2D eigenvalue weighted by Crippen LogP contribution is -2.35. The summed E-state index contributed by atoms with van der Waals surface area (Å²) in [7, 11) is 0. The fourth-order valence-electron chi connectivity index (χ4n) is 3.66. The van der Waals surface area contributed by atoms with Gasteiger partial charge < -0.3 is 9.84 Å². The second-order valence-corrected chi connectivity index (χ2v) is 7.40. The summed E-state index contributed by atoms with van der Waals surface area (Å²) in [4.78, 5) is 8.71. The monoisotopic (exact) mass is 356 g/mol. The van der Waals surface area contributed by atoms with Crippen LogP contribution in [-0.2, 0) is 0 Å². The summed E-state index contributed by atoms with van der Waals surface area (Å²) in [6.07, 6.45) is 5.21. The van der Waals surface area contributed by atoms with Gasteiger partial charge in [-0.15, -0.1) is 0 Å². The molecule has 2 aromatic heterocycles. The van der Waals surface area contributed by atoms with E-state index in [2.05, 4.69) is 34.3 Å². The van der Waals surface area contributed by atoms with Gasteiger partial charge in [-0.1, -0.05) is 55.6 Å². The van der Waals surface area contributed by atoms with E-state index in [1.165, 1.54) is 19.2 Å². The van der Waals surface area contributed by atoms with Gasteiger partial charge in [-0.2, -0.15) is 4.98 Å². The summed E-state index contributed by atoms with van der Waals surface area (Å²) in [5.74, 6) is 2.10. The minimum atomic E-state index is 0.398. The van der Waals surface area contributed by atoms with Crippen molar-refractivity contribution in [2.24, 2.45) is 11.8 Å². The number of rotatable bonds is 3. The average Bonchev–Trinajstić information content (AvgIpc) is 3.05. The Balaban J connectivity index is 1.74. The molecule has 25 heavy (non-hydrogen) atoms. The molecule has 0 bridgehead atoms. The normalized spacial score (nSPS) is 23.7. The van der Waals surface area contributed by atoms with Crippen LogP contribution in [0.15, 0.2) is 35.1 Å².